The van der Waals surface area contributed by atoms with Crippen LogP contribution in [0.4, 0.5) is 13.2 Å². The Morgan fingerprint density at radius 1 is 1.25 bits per heavy atom. The van der Waals surface area contributed by atoms with Gasteiger partial charge in [0.05, 0.1) is 0 Å². The molecule has 1 aromatic rings. The van der Waals surface area contributed by atoms with Gasteiger partial charge in [0.25, 0.3) is 0 Å². The molecule has 0 saturated heterocycles. The summed E-state index contributed by atoms with van der Waals surface area (Å²) in [5, 5.41) is 0. The number of fused-ring (bicyclic) bond motifs is 1. The summed E-state index contributed by atoms with van der Waals surface area (Å²) < 4.78 is 40.5. The van der Waals surface area contributed by atoms with Gasteiger partial charge in [0.1, 0.15) is 6.61 Å². The number of alkyl halides is 3. The fourth-order valence-corrected chi connectivity index (χ4v) is 2.89. The molecule has 1 aromatic carbocycles. The minimum absolute atomic E-state index is 0.0978. The van der Waals surface area contributed by atoms with E-state index in [9.17, 15) is 13.2 Å². The first-order valence-corrected chi connectivity index (χ1v) is 6.92. The highest BCUT2D eigenvalue weighted by molar-refractivity contribution is 5.35. The van der Waals surface area contributed by atoms with Gasteiger partial charge in [-0.15, -0.1) is 0 Å². The van der Waals surface area contributed by atoms with Crippen LogP contribution < -0.4 is 5.73 Å². The SMILES string of the molecule is NC1(CCCOCC(F)(F)F)CCCc2ccccc21. The maximum atomic E-state index is 12.0. The molecule has 1 aliphatic carbocycles. The van der Waals surface area contributed by atoms with E-state index in [1.165, 1.54) is 5.56 Å². The summed E-state index contributed by atoms with van der Waals surface area (Å²) >= 11 is 0. The van der Waals surface area contributed by atoms with Crippen molar-refractivity contribution in [2.24, 2.45) is 5.73 Å². The number of hydrogen-bond acceptors (Lipinski definition) is 2. The summed E-state index contributed by atoms with van der Waals surface area (Å²) in [5.41, 5.74) is 8.44. The number of ether oxygens (including phenoxy) is 1. The van der Waals surface area contributed by atoms with E-state index < -0.39 is 18.3 Å². The Morgan fingerprint density at radius 2 is 2.00 bits per heavy atom. The highest BCUT2D eigenvalue weighted by Crippen LogP contribution is 2.36. The normalized spacial score (nSPS) is 22.6. The van der Waals surface area contributed by atoms with E-state index in [-0.39, 0.29) is 6.61 Å². The molecule has 1 unspecified atom stereocenters. The largest absolute Gasteiger partial charge is 0.411 e. The van der Waals surface area contributed by atoms with E-state index in [1.807, 2.05) is 18.2 Å². The summed E-state index contributed by atoms with van der Waals surface area (Å²) in [4.78, 5) is 0. The average molecular weight is 287 g/mol. The number of halogens is 3. The van der Waals surface area contributed by atoms with Crippen LogP contribution >= 0.6 is 0 Å². The molecule has 0 saturated carbocycles. The van der Waals surface area contributed by atoms with E-state index in [1.54, 1.807) is 0 Å². The molecule has 0 aliphatic heterocycles. The zero-order valence-electron chi connectivity index (χ0n) is 11.4. The molecular formula is C15H20F3NO. The Kier molecular flexibility index (Phi) is 4.70. The van der Waals surface area contributed by atoms with Crippen molar-refractivity contribution < 1.29 is 17.9 Å². The van der Waals surface area contributed by atoms with Crippen LogP contribution in [-0.4, -0.2) is 19.4 Å². The van der Waals surface area contributed by atoms with Gasteiger partial charge in [-0.1, -0.05) is 24.3 Å². The molecule has 2 nitrogen and oxygen atoms in total. The number of hydrogen-bond donors (Lipinski definition) is 1. The molecule has 0 radical (unpaired) electrons. The van der Waals surface area contributed by atoms with Gasteiger partial charge in [-0.25, -0.2) is 0 Å². The maximum absolute atomic E-state index is 12.0. The number of benzene rings is 1. The van der Waals surface area contributed by atoms with Crippen LogP contribution in [0.15, 0.2) is 24.3 Å². The Labute approximate surface area is 117 Å². The Bertz CT molecular complexity index is 447. The molecule has 1 atom stereocenters. The fraction of sp³-hybridized carbons (Fsp3) is 0.600. The lowest BCUT2D eigenvalue weighted by molar-refractivity contribution is -0.174. The maximum Gasteiger partial charge on any atom is 0.411 e. The van der Waals surface area contributed by atoms with Crippen LogP contribution in [0.1, 0.15) is 36.8 Å². The molecule has 2 rings (SSSR count). The average Bonchev–Trinajstić information content (AvgIpc) is 2.38. The van der Waals surface area contributed by atoms with Gasteiger partial charge >= 0.3 is 6.18 Å². The third-order valence-electron chi connectivity index (χ3n) is 3.80. The van der Waals surface area contributed by atoms with E-state index in [2.05, 4.69) is 10.8 Å². The molecule has 2 N–H and O–H groups in total. The molecule has 0 aromatic heterocycles. The number of aryl methyl sites for hydroxylation is 1. The van der Waals surface area contributed by atoms with Crippen LogP contribution in [0.3, 0.4) is 0 Å². The summed E-state index contributed by atoms with van der Waals surface area (Å²) in [6.45, 7) is -1.08. The third kappa shape index (κ3) is 3.96. The van der Waals surface area contributed by atoms with E-state index in [0.717, 1.165) is 24.8 Å². The van der Waals surface area contributed by atoms with Gasteiger partial charge in [0.15, 0.2) is 0 Å². The highest BCUT2D eigenvalue weighted by Gasteiger charge is 2.32. The lowest BCUT2D eigenvalue weighted by atomic mass is 9.75. The van der Waals surface area contributed by atoms with Crippen molar-refractivity contribution in [2.45, 2.75) is 43.8 Å². The molecule has 0 bridgehead atoms. The monoisotopic (exact) mass is 287 g/mol. The van der Waals surface area contributed by atoms with Crippen molar-refractivity contribution in [3.05, 3.63) is 35.4 Å². The first-order chi connectivity index (χ1) is 9.41. The van der Waals surface area contributed by atoms with Crippen molar-refractivity contribution in [3.63, 3.8) is 0 Å². The zero-order chi connectivity index (χ0) is 14.6. The summed E-state index contributed by atoms with van der Waals surface area (Å²) in [7, 11) is 0. The molecule has 5 heteroatoms. The topological polar surface area (TPSA) is 35.2 Å². The zero-order valence-corrected chi connectivity index (χ0v) is 11.4. The van der Waals surface area contributed by atoms with Gasteiger partial charge in [-0.3, -0.25) is 0 Å². The molecular weight excluding hydrogens is 267 g/mol. The Morgan fingerprint density at radius 3 is 2.75 bits per heavy atom. The second-order valence-corrected chi connectivity index (χ2v) is 5.44. The van der Waals surface area contributed by atoms with Crippen LogP contribution in [0, 0.1) is 0 Å². The van der Waals surface area contributed by atoms with Crippen molar-refractivity contribution >= 4 is 0 Å². The van der Waals surface area contributed by atoms with Gasteiger partial charge in [-0.05, 0) is 43.2 Å². The van der Waals surface area contributed by atoms with E-state index in [4.69, 9.17) is 5.73 Å². The van der Waals surface area contributed by atoms with Gasteiger partial charge in [0, 0.05) is 12.1 Å². The van der Waals surface area contributed by atoms with E-state index >= 15 is 0 Å². The predicted molar refractivity (Wildman–Crippen MR) is 71.4 cm³/mol. The second kappa shape index (κ2) is 6.14. The van der Waals surface area contributed by atoms with Crippen LogP contribution in [-0.2, 0) is 16.7 Å². The van der Waals surface area contributed by atoms with Gasteiger partial charge < -0.3 is 10.5 Å². The lowest BCUT2D eigenvalue weighted by Gasteiger charge is -2.36. The standard InChI is InChI=1S/C15H20F3NO/c16-15(17,18)11-20-10-4-9-14(19)8-3-6-12-5-1-2-7-13(12)14/h1-2,5,7H,3-4,6,8-11,19H2. The molecule has 0 amide bonds. The molecule has 0 spiro atoms. The Hall–Kier alpha value is -1.07. The molecule has 0 fully saturated rings. The first kappa shape index (κ1) is 15.3. The second-order valence-electron chi connectivity index (χ2n) is 5.44. The van der Waals surface area contributed by atoms with Crippen LogP contribution in [0.25, 0.3) is 0 Å². The van der Waals surface area contributed by atoms with Gasteiger partial charge in [-0.2, -0.15) is 13.2 Å². The predicted octanol–water partition coefficient (Wildman–Crippen LogP) is 3.54. The highest BCUT2D eigenvalue weighted by atomic mass is 19.4. The van der Waals surface area contributed by atoms with Crippen LogP contribution in [0.2, 0.25) is 0 Å². The molecule has 112 valence electrons. The quantitative estimate of drug-likeness (QED) is 0.841. The van der Waals surface area contributed by atoms with E-state index in [0.29, 0.717) is 12.8 Å². The fourth-order valence-electron chi connectivity index (χ4n) is 2.89. The van der Waals surface area contributed by atoms with Crippen molar-refractivity contribution in [3.8, 4) is 0 Å². The third-order valence-corrected chi connectivity index (χ3v) is 3.80. The first-order valence-electron chi connectivity index (χ1n) is 6.92. The van der Waals surface area contributed by atoms with Crippen molar-refractivity contribution in [2.75, 3.05) is 13.2 Å². The molecule has 1 aliphatic rings. The van der Waals surface area contributed by atoms with Crippen LogP contribution in [0.5, 0.6) is 0 Å². The minimum atomic E-state index is -4.25. The molecule has 20 heavy (non-hydrogen) atoms. The smallest absolute Gasteiger partial charge is 0.372 e. The Balaban J connectivity index is 1.87. The minimum Gasteiger partial charge on any atom is -0.372 e. The summed E-state index contributed by atoms with van der Waals surface area (Å²) in [6.07, 6.45) is -0.124. The van der Waals surface area contributed by atoms with Gasteiger partial charge in [0.2, 0.25) is 0 Å². The molecule has 0 heterocycles. The number of rotatable bonds is 5. The van der Waals surface area contributed by atoms with Crippen molar-refractivity contribution in [1.29, 1.82) is 0 Å². The summed E-state index contributed by atoms with van der Waals surface area (Å²) in [5.74, 6) is 0. The number of nitrogens with two attached hydrogens (primary N) is 1. The van der Waals surface area contributed by atoms with Crippen molar-refractivity contribution in [1.82, 2.24) is 0 Å². The lowest BCUT2D eigenvalue weighted by Crippen LogP contribution is -2.40. The summed E-state index contributed by atoms with van der Waals surface area (Å²) in [6, 6.07) is 8.07.